The molecule has 4 aromatic carbocycles. The van der Waals surface area contributed by atoms with E-state index in [0.29, 0.717) is 11.4 Å². The van der Waals surface area contributed by atoms with Gasteiger partial charge in [-0.05, 0) is 60.7 Å². The zero-order chi connectivity index (χ0) is 23.1. The summed E-state index contributed by atoms with van der Waals surface area (Å²) in [6, 6.07) is 26.4. The first-order chi connectivity index (χ1) is 16.7. The average molecular weight is 481 g/mol. The monoisotopic (exact) mass is 480 g/mol. The number of benzene rings is 4. The third kappa shape index (κ3) is 3.60. The molecule has 9 heteroatoms. The number of hydrogen-bond donors (Lipinski definition) is 2. The molecule has 164 valence electrons. The van der Waals surface area contributed by atoms with Gasteiger partial charge in [0, 0.05) is 5.56 Å². The summed E-state index contributed by atoms with van der Waals surface area (Å²) in [5.74, 6) is 0.0955. The van der Waals surface area contributed by atoms with Crippen LogP contribution in [0, 0.1) is 0 Å². The lowest BCUT2D eigenvalue weighted by atomic mass is 10.2. The molecule has 2 heterocycles. The normalized spacial score (nSPS) is 11.7. The van der Waals surface area contributed by atoms with Crippen LogP contribution in [-0.4, -0.2) is 25.1 Å². The highest BCUT2D eigenvalue weighted by molar-refractivity contribution is 7.80. The Labute approximate surface area is 203 Å². The van der Waals surface area contributed by atoms with Gasteiger partial charge < -0.3 is 5.11 Å². The van der Waals surface area contributed by atoms with Crippen LogP contribution < -0.4 is 0 Å². The van der Waals surface area contributed by atoms with Gasteiger partial charge in [-0.25, -0.2) is 9.67 Å². The second-order valence-electron chi connectivity index (χ2n) is 7.52. The fourth-order valence-electron chi connectivity index (χ4n) is 3.64. The molecule has 0 saturated heterocycles. The summed E-state index contributed by atoms with van der Waals surface area (Å²) in [5.41, 5.74) is 5.49. The highest BCUT2D eigenvalue weighted by atomic mass is 32.1. The molecule has 6 rings (SSSR count). The number of aromatic hydroxyl groups is 1. The van der Waals surface area contributed by atoms with Gasteiger partial charge in [0.1, 0.15) is 22.0 Å². The molecule has 7 nitrogen and oxygen atoms in total. The van der Waals surface area contributed by atoms with Crippen LogP contribution in [-0.2, 0) is 0 Å². The molecular formula is C25H16N6OS2. The van der Waals surface area contributed by atoms with Crippen LogP contribution in [0.4, 0.5) is 11.4 Å². The summed E-state index contributed by atoms with van der Waals surface area (Å²) in [4.78, 5) is 5.61. The van der Waals surface area contributed by atoms with Crippen molar-refractivity contribution in [1.29, 1.82) is 0 Å². The van der Waals surface area contributed by atoms with E-state index in [2.05, 4.69) is 20.5 Å². The Morgan fingerprint density at radius 3 is 2.50 bits per heavy atom. The molecule has 0 fully saturated rings. The van der Waals surface area contributed by atoms with Crippen LogP contribution in [0.15, 0.2) is 100 Å². The fraction of sp³-hybridized carbons (Fsp3) is 0. The minimum atomic E-state index is 0.0955. The molecular weight excluding hydrogens is 464 g/mol. The maximum absolute atomic E-state index is 9.83. The van der Waals surface area contributed by atoms with Gasteiger partial charge in [-0.15, -0.1) is 34.2 Å². The van der Waals surface area contributed by atoms with E-state index in [-0.39, 0.29) is 5.75 Å². The predicted molar refractivity (Wildman–Crippen MR) is 137 cm³/mol. The van der Waals surface area contributed by atoms with Crippen molar-refractivity contribution in [2.75, 3.05) is 0 Å². The Hall–Kier alpha value is -4.08. The maximum atomic E-state index is 9.83. The van der Waals surface area contributed by atoms with Crippen LogP contribution >= 0.6 is 24.0 Å². The van der Waals surface area contributed by atoms with E-state index >= 15 is 0 Å². The van der Waals surface area contributed by atoms with Crippen molar-refractivity contribution in [3.05, 3.63) is 84.9 Å². The molecule has 1 N–H and O–H groups in total. The lowest BCUT2D eigenvalue weighted by Gasteiger charge is -2.06. The van der Waals surface area contributed by atoms with Gasteiger partial charge in [0.2, 0.25) is 0 Å². The van der Waals surface area contributed by atoms with Gasteiger partial charge in [-0.2, -0.15) is 5.11 Å². The molecule has 0 spiro atoms. The largest absolute Gasteiger partial charge is 0.506 e. The quantitative estimate of drug-likeness (QED) is 0.208. The molecule has 0 aliphatic carbocycles. The molecule has 0 amide bonds. The summed E-state index contributed by atoms with van der Waals surface area (Å²) in [5, 5.41) is 27.6. The lowest BCUT2D eigenvalue weighted by Crippen LogP contribution is -1.98. The summed E-state index contributed by atoms with van der Waals surface area (Å²) < 4.78 is 2.83. The van der Waals surface area contributed by atoms with Gasteiger partial charge in [0.15, 0.2) is 0 Å². The number of rotatable bonds is 4. The van der Waals surface area contributed by atoms with Gasteiger partial charge >= 0.3 is 0 Å². The number of thiazole rings is 1. The average Bonchev–Trinajstić information content (AvgIpc) is 3.49. The topological polar surface area (TPSA) is 88.5 Å². The molecule has 0 bridgehead atoms. The SMILES string of the molecule is Oc1ccccc1N=Nc1ccc(-c2nc3c(S)c(-n4nnc5ccccc54)ccc3s2)cc1. The zero-order valence-corrected chi connectivity index (χ0v) is 19.3. The Balaban J connectivity index is 1.33. The number of fused-ring (bicyclic) bond motifs is 2. The van der Waals surface area contributed by atoms with Gasteiger partial charge in [0.25, 0.3) is 0 Å². The number of azo groups is 1. The fourth-order valence-corrected chi connectivity index (χ4v) is 5.04. The van der Waals surface area contributed by atoms with Crippen molar-refractivity contribution in [3.8, 4) is 22.0 Å². The van der Waals surface area contributed by atoms with Gasteiger partial charge in [-0.1, -0.05) is 29.5 Å². The van der Waals surface area contributed by atoms with Crippen molar-refractivity contribution < 1.29 is 5.11 Å². The predicted octanol–water partition coefficient (Wildman–Crippen LogP) is 7.11. The highest BCUT2D eigenvalue weighted by Crippen LogP contribution is 2.37. The molecule has 0 unspecified atom stereocenters. The van der Waals surface area contributed by atoms with E-state index in [9.17, 15) is 5.11 Å². The number of para-hydroxylation sites is 2. The number of phenols is 1. The number of nitrogens with zero attached hydrogens (tertiary/aromatic N) is 6. The third-order valence-electron chi connectivity index (χ3n) is 5.36. The maximum Gasteiger partial charge on any atom is 0.143 e. The molecule has 2 aromatic heterocycles. The van der Waals surface area contributed by atoms with E-state index in [4.69, 9.17) is 17.6 Å². The molecule has 0 radical (unpaired) electrons. The first-order valence-corrected chi connectivity index (χ1v) is 11.7. The van der Waals surface area contributed by atoms with Crippen molar-refractivity contribution >= 4 is 56.6 Å². The van der Waals surface area contributed by atoms with Crippen LogP contribution in [0.5, 0.6) is 5.75 Å². The summed E-state index contributed by atoms with van der Waals surface area (Å²) in [7, 11) is 0. The van der Waals surface area contributed by atoms with Crippen LogP contribution in [0.25, 0.3) is 37.5 Å². The lowest BCUT2D eigenvalue weighted by molar-refractivity contribution is 0.476. The molecule has 34 heavy (non-hydrogen) atoms. The van der Waals surface area contributed by atoms with Crippen LogP contribution in [0.1, 0.15) is 0 Å². The van der Waals surface area contributed by atoms with Crippen molar-refractivity contribution in [2.45, 2.75) is 4.90 Å². The van der Waals surface area contributed by atoms with E-state index in [0.717, 1.165) is 42.4 Å². The van der Waals surface area contributed by atoms with Crippen molar-refractivity contribution in [3.63, 3.8) is 0 Å². The molecule has 0 saturated carbocycles. The third-order valence-corrected chi connectivity index (χ3v) is 6.87. The Bertz CT molecular complexity index is 1690. The summed E-state index contributed by atoms with van der Waals surface area (Å²) in [6.07, 6.45) is 0. The summed E-state index contributed by atoms with van der Waals surface area (Å²) >= 11 is 6.40. The number of hydrogen-bond acceptors (Lipinski definition) is 8. The first-order valence-electron chi connectivity index (χ1n) is 10.4. The Kier molecular flexibility index (Phi) is 5.05. The highest BCUT2D eigenvalue weighted by Gasteiger charge is 2.15. The second-order valence-corrected chi connectivity index (χ2v) is 9.00. The van der Waals surface area contributed by atoms with Crippen LogP contribution in [0.2, 0.25) is 0 Å². The Morgan fingerprint density at radius 2 is 1.65 bits per heavy atom. The minimum absolute atomic E-state index is 0.0955. The van der Waals surface area contributed by atoms with Gasteiger partial charge in [0.05, 0.1) is 32.0 Å². The molecule has 6 aromatic rings. The standard InChI is InChI=1S/C25H16N6OS2/c32-21-8-4-2-6-18(21)28-27-16-11-9-15(10-12-16)25-26-23-22(34-25)14-13-20(24(23)33)31-19-7-3-1-5-17(19)29-30-31/h1-14,32-33H. The first kappa shape index (κ1) is 20.5. The smallest absolute Gasteiger partial charge is 0.143 e. The zero-order valence-electron chi connectivity index (χ0n) is 17.6. The van der Waals surface area contributed by atoms with Crippen LogP contribution in [0.3, 0.4) is 0 Å². The van der Waals surface area contributed by atoms with Gasteiger partial charge in [-0.3, -0.25) is 0 Å². The molecule has 0 aliphatic heterocycles. The second kappa shape index (κ2) is 8.36. The molecule has 0 atom stereocenters. The minimum Gasteiger partial charge on any atom is -0.506 e. The van der Waals surface area contributed by atoms with Crippen molar-refractivity contribution in [2.24, 2.45) is 10.2 Å². The molecule has 0 aliphatic rings. The van der Waals surface area contributed by atoms with E-state index < -0.39 is 0 Å². The number of thiol groups is 1. The van der Waals surface area contributed by atoms with E-state index in [1.54, 1.807) is 40.3 Å². The number of phenolic OH excluding ortho intramolecular Hbond substituents is 1. The number of aromatic nitrogens is 4. The van der Waals surface area contributed by atoms with E-state index in [1.165, 1.54) is 0 Å². The Morgan fingerprint density at radius 1 is 0.853 bits per heavy atom. The van der Waals surface area contributed by atoms with E-state index in [1.807, 2.05) is 60.7 Å². The summed E-state index contributed by atoms with van der Waals surface area (Å²) in [6.45, 7) is 0. The van der Waals surface area contributed by atoms with Crippen molar-refractivity contribution in [1.82, 2.24) is 20.0 Å².